The molecule has 4 unspecified atom stereocenters. The zero-order valence-electron chi connectivity index (χ0n) is 15.7. The Labute approximate surface area is 174 Å². The van der Waals surface area contributed by atoms with Crippen molar-refractivity contribution in [3.05, 3.63) is 80.2 Å². The molecule has 0 nitrogen and oxygen atoms in total. The van der Waals surface area contributed by atoms with E-state index in [4.69, 9.17) is 0 Å². The maximum atomic E-state index is 2.48. The van der Waals surface area contributed by atoms with E-state index in [1.54, 1.807) is 20.9 Å². The number of allylic oxidation sites excluding steroid dienone is 4. The third-order valence-corrected chi connectivity index (χ3v) is 9.63. The summed E-state index contributed by atoms with van der Waals surface area (Å²) in [5.41, 5.74) is 9.19. The molecule has 9 rings (SSSR count). The molecule has 0 fully saturated rings. The lowest BCUT2D eigenvalue weighted by molar-refractivity contribution is 0.563. The van der Waals surface area contributed by atoms with Crippen molar-refractivity contribution in [3.63, 3.8) is 0 Å². The van der Waals surface area contributed by atoms with Crippen LogP contribution in [0.1, 0.15) is 70.2 Å². The Morgan fingerprint density at radius 2 is 0.964 bits per heavy atom. The normalized spacial score (nSPS) is 28.6. The molecule has 3 aromatic rings. The van der Waals surface area contributed by atoms with Gasteiger partial charge in [-0.25, -0.2) is 0 Å². The molecule has 0 spiro atoms. The Balaban J connectivity index is 1.43. The highest BCUT2D eigenvalue weighted by molar-refractivity contribution is 7.11. The van der Waals surface area contributed by atoms with Crippen LogP contribution >= 0.6 is 22.7 Å². The second-order valence-corrected chi connectivity index (χ2v) is 10.6. The van der Waals surface area contributed by atoms with Gasteiger partial charge in [0, 0.05) is 33.4 Å². The first kappa shape index (κ1) is 16.0. The van der Waals surface area contributed by atoms with E-state index in [0.29, 0.717) is 23.7 Å². The molecule has 6 aliphatic carbocycles. The predicted octanol–water partition coefficient (Wildman–Crippen LogP) is 8.21. The van der Waals surface area contributed by atoms with Crippen molar-refractivity contribution in [2.24, 2.45) is 0 Å². The lowest BCUT2D eigenvalue weighted by atomic mass is 9.72. The van der Waals surface area contributed by atoms with Gasteiger partial charge in [-0.2, -0.15) is 0 Å². The lowest BCUT2D eigenvalue weighted by Gasteiger charge is -2.32. The van der Waals surface area contributed by atoms with Gasteiger partial charge in [-0.3, -0.25) is 0 Å². The van der Waals surface area contributed by atoms with Crippen molar-refractivity contribution >= 4 is 22.7 Å². The summed E-state index contributed by atoms with van der Waals surface area (Å²) in [4.78, 5) is 3.27. The van der Waals surface area contributed by atoms with Crippen LogP contribution in [0.25, 0.3) is 22.3 Å². The van der Waals surface area contributed by atoms with E-state index in [2.05, 4.69) is 59.3 Å². The maximum Gasteiger partial charge on any atom is 0.0158 e. The van der Waals surface area contributed by atoms with Crippen LogP contribution in [-0.4, -0.2) is 0 Å². The average molecular weight is 399 g/mol. The summed E-state index contributed by atoms with van der Waals surface area (Å²) in [6.45, 7) is 0. The van der Waals surface area contributed by atoms with Gasteiger partial charge in [-0.1, -0.05) is 48.6 Å². The summed E-state index contributed by atoms with van der Waals surface area (Å²) in [5, 5.41) is 4.90. The highest BCUT2D eigenvalue weighted by Gasteiger charge is 2.35. The second-order valence-electron chi connectivity index (χ2n) is 8.75. The Kier molecular flexibility index (Phi) is 3.31. The monoisotopic (exact) mass is 398 g/mol. The topological polar surface area (TPSA) is 0 Å². The summed E-state index contributed by atoms with van der Waals surface area (Å²) >= 11 is 3.99. The summed E-state index contributed by atoms with van der Waals surface area (Å²) in [7, 11) is 0. The van der Waals surface area contributed by atoms with Gasteiger partial charge in [0.25, 0.3) is 0 Å². The molecule has 4 bridgehead atoms. The molecular weight excluding hydrogens is 376 g/mol. The molecule has 2 heteroatoms. The van der Waals surface area contributed by atoms with E-state index in [-0.39, 0.29) is 0 Å². The molecule has 1 aromatic carbocycles. The predicted molar refractivity (Wildman–Crippen MR) is 121 cm³/mol. The Morgan fingerprint density at radius 1 is 0.536 bits per heavy atom. The van der Waals surface area contributed by atoms with Gasteiger partial charge in [0.15, 0.2) is 0 Å². The standard InChI is InChI=1S/C26H22S2/c1-2-4-20(22-14-28-26-18-11-7-16(8-12-18)24(22)26)19(3-1)21-13-27-25-17-9-5-15(6-10-17)23(21)25/h1-5,7,9,11,13-18H,6,8,10,12H2. The third-order valence-electron chi connectivity index (χ3n) is 7.37. The maximum absolute atomic E-state index is 2.48. The first-order chi connectivity index (χ1) is 13.9. The highest BCUT2D eigenvalue weighted by atomic mass is 32.1. The molecule has 138 valence electrons. The minimum atomic E-state index is 0.629. The summed E-state index contributed by atoms with van der Waals surface area (Å²) < 4.78 is 0. The zero-order chi connectivity index (χ0) is 18.2. The Bertz CT molecular complexity index is 1060. The smallest absolute Gasteiger partial charge is 0.0158 e. The fraction of sp³-hybridized carbons (Fsp3) is 0.308. The van der Waals surface area contributed by atoms with Gasteiger partial charge < -0.3 is 0 Å². The quantitative estimate of drug-likeness (QED) is 0.382. The van der Waals surface area contributed by atoms with Crippen molar-refractivity contribution in [2.75, 3.05) is 0 Å². The highest BCUT2D eigenvalue weighted by Crippen LogP contribution is 2.55. The van der Waals surface area contributed by atoms with Gasteiger partial charge in [0.2, 0.25) is 0 Å². The van der Waals surface area contributed by atoms with E-state index in [9.17, 15) is 0 Å². The van der Waals surface area contributed by atoms with Gasteiger partial charge in [0.05, 0.1) is 0 Å². The molecule has 2 heterocycles. The number of thiophene rings is 2. The lowest BCUT2D eigenvalue weighted by Crippen LogP contribution is -2.15. The number of fused-ring (bicyclic) bond motifs is 2. The molecule has 2 aromatic heterocycles. The molecule has 0 aliphatic heterocycles. The minimum Gasteiger partial charge on any atom is -0.147 e. The van der Waals surface area contributed by atoms with E-state index in [1.165, 1.54) is 47.9 Å². The van der Waals surface area contributed by atoms with Crippen LogP contribution in [0.2, 0.25) is 0 Å². The van der Waals surface area contributed by atoms with Crippen molar-refractivity contribution < 1.29 is 0 Å². The molecule has 0 amide bonds. The molecule has 0 N–H and O–H groups in total. The van der Waals surface area contributed by atoms with Gasteiger partial charge in [0.1, 0.15) is 0 Å². The first-order valence-electron chi connectivity index (χ1n) is 10.6. The van der Waals surface area contributed by atoms with Crippen LogP contribution in [0.15, 0.2) is 59.3 Å². The van der Waals surface area contributed by atoms with Crippen LogP contribution in [0, 0.1) is 0 Å². The second kappa shape index (κ2) is 5.81. The number of rotatable bonds is 2. The molecular formula is C26H22S2. The molecule has 0 saturated carbocycles. The zero-order valence-corrected chi connectivity index (χ0v) is 17.4. The fourth-order valence-corrected chi connectivity index (χ4v) is 8.55. The molecule has 28 heavy (non-hydrogen) atoms. The molecule has 0 saturated heterocycles. The SMILES string of the molecule is C1=CC2CCC1c1scc(-c3ccccc3-c3csc4c3C3C=CC4CC3)c12. The van der Waals surface area contributed by atoms with Crippen molar-refractivity contribution in [3.8, 4) is 22.3 Å². The van der Waals surface area contributed by atoms with Crippen LogP contribution in [0.3, 0.4) is 0 Å². The van der Waals surface area contributed by atoms with Crippen LogP contribution in [-0.2, 0) is 0 Å². The average Bonchev–Trinajstić information content (AvgIpc) is 3.43. The number of hydrogen-bond acceptors (Lipinski definition) is 2. The van der Waals surface area contributed by atoms with Crippen molar-refractivity contribution in [1.29, 1.82) is 0 Å². The Hall–Kier alpha value is -1.90. The van der Waals surface area contributed by atoms with Crippen LogP contribution in [0.5, 0.6) is 0 Å². The van der Waals surface area contributed by atoms with E-state index < -0.39 is 0 Å². The minimum absolute atomic E-state index is 0.629. The van der Waals surface area contributed by atoms with Crippen molar-refractivity contribution in [1.82, 2.24) is 0 Å². The van der Waals surface area contributed by atoms with E-state index in [1.807, 2.05) is 22.7 Å². The third kappa shape index (κ3) is 2.06. The molecule has 4 atom stereocenters. The summed E-state index contributed by atoms with van der Waals surface area (Å²) in [5.74, 6) is 2.59. The van der Waals surface area contributed by atoms with Gasteiger partial charge in [-0.15, -0.1) is 22.7 Å². The van der Waals surface area contributed by atoms with Gasteiger partial charge >= 0.3 is 0 Å². The molecule has 6 aliphatic rings. The van der Waals surface area contributed by atoms with Crippen molar-refractivity contribution in [2.45, 2.75) is 49.4 Å². The number of hydrogen-bond donors (Lipinski definition) is 0. The van der Waals surface area contributed by atoms with E-state index in [0.717, 1.165) is 0 Å². The molecule has 0 radical (unpaired) electrons. The number of benzene rings is 1. The summed E-state index contributed by atoms with van der Waals surface area (Å²) in [6.07, 6.45) is 15.2. The first-order valence-corrected chi connectivity index (χ1v) is 12.3. The van der Waals surface area contributed by atoms with Crippen LogP contribution in [0.4, 0.5) is 0 Å². The fourth-order valence-electron chi connectivity index (χ4n) is 6.03. The van der Waals surface area contributed by atoms with E-state index >= 15 is 0 Å². The van der Waals surface area contributed by atoms with Gasteiger partial charge in [-0.05, 0) is 69.8 Å². The Morgan fingerprint density at radius 3 is 1.39 bits per heavy atom. The largest absolute Gasteiger partial charge is 0.147 e. The summed E-state index contributed by atoms with van der Waals surface area (Å²) in [6, 6.07) is 9.19. The van der Waals surface area contributed by atoms with Crippen LogP contribution < -0.4 is 0 Å².